The maximum atomic E-state index is 12.9. The summed E-state index contributed by atoms with van der Waals surface area (Å²) in [6.07, 6.45) is 0.249. The van der Waals surface area contributed by atoms with Crippen LogP contribution in [0.3, 0.4) is 0 Å². The van der Waals surface area contributed by atoms with Crippen LogP contribution in [0.1, 0.15) is 52.4 Å². The van der Waals surface area contributed by atoms with Crippen molar-refractivity contribution in [3.63, 3.8) is 0 Å². The van der Waals surface area contributed by atoms with Gasteiger partial charge in [0.15, 0.2) is 0 Å². The van der Waals surface area contributed by atoms with Crippen LogP contribution in [0, 0.1) is 13.8 Å². The molecule has 0 saturated carbocycles. The number of aliphatic hydroxyl groups excluding tert-OH is 1. The Morgan fingerprint density at radius 2 is 1.67 bits per heavy atom. The van der Waals surface area contributed by atoms with Crippen LogP contribution in [-0.4, -0.2) is 39.3 Å². The average molecular weight is 392 g/mol. The van der Waals surface area contributed by atoms with E-state index in [-0.39, 0.29) is 29.7 Å². The summed E-state index contributed by atoms with van der Waals surface area (Å²) in [5, 5.41) is 19.4. The number of hydrogen-bond acceptors (Lipinski definition) is 5. The molecule has 0 fully saturated rings. The lowest BCUT2D eigenvalue weighted by molar-refractivity contribution is -0.0106. The summed E-state index contributed by atoms with van der Waals surface area (Å²) in [5.41, 5.74) is 0.555. The lowest BCUT2D eigenvalue weighted by atomic mass is 9.92. The monoisotopic (exact) mass is 391 g/mol. The lowest BCUT2D eigenvalue weighted by Gasteiger charge is -2.26. The van der Waals surface area contributed by atoms with Gasteiger partial charge in [-0.1, -0.05) is 23.7 Å². The van der Waals surface area contributed by atoms with E-state index < -0.39 is 17.5 Å². The molecule has 144 valence electrons. The van der Waals surface area contributed by atoms with E-state index in [1.54, 1.807) is 52.0 Å². The number of rotatable bonds is 6. The number of esters is 1. The van der Waals surface area contributed by atoms with Crippen LogP contribution in [0.15, 0.2) is 24.3 Å². The molecule has 2 rings (SSSR count). The zero-order valence-electron chi connectivity index (χ0n) is 15.7. The molecule has 0 spiro atoms. The van der Waals surface area contributed by atoms with E-state index in [2.05, 4.69) is 4.98 Å². The van der Waals surface area contributed by atoms with Crippen LogP contribution in [-0.2, 0) is 4.74 Å². The van der Waals surface area contributed by atoms with Gasteiger partial charge in [0.1, 0.15) is 5.60 Å². The molecule has 0 amide bonds. The number of aryl methyl sites for hydroxylation is 2. The highest BCUT2D eigenvalue weighted by Gasteiger charge is 2.30. The van der Waals surface area contributed by atoms with Crippen LogP contribution < -0.4 is 0 Å². The quantitative estimate of drug-likeness (QED) is 0.721. The second-order valence-corrected chi connectivity index (χ2v) is 7.28. The van der Waals surface area contributed by atoms with E-state index in [0.29, 0.717) is 22.0 Å². The molecule has 0 aliphatic heterocycles. The minimum Gasteiger partial charge on any atom is -0.478 e. The second kappa shape index (κ2) is 8.06. The van der Waals surface area contributed by atoms with E-state index in [0.717, 1.165) is 0 Å². The third-order valence-electron chi connectivity index (χ3n) is 4.19. The zero-order valence-corrected chi connectivity index (χ0v) is 16.4. The molecule has 0 aliphatic carbocycles. The molecule has 0 bridgehead atoms. The molecule has 0 saturated heterocycles. The predicted octanol–water partition coefficient (Wildman–Crippen LogP) is 4.03. The van der Waals surface area contributed by atoms with Crippen molar-refractivity contribution in [2.75, 3.05) is 6.61 Å². The summed E-state index contributed by atoms with van der Waals surface area (Å²) in [6, 6.07) is 6.55. The summed E-state index contributed by atoms with van der Waals surface area (Å²) >= 11 is 5.94. The van der Waals surface area contributed by atoms with Gasteiger partial charge in [-0.05, 0) is 45.4 Å². The van der Waals surface area contributed by atoms with E-state index in [4.69, 9.17) is 21.4 Å². The maximum Gasteiger partial charge on any atom is 0.341 e. The third-order valence-corrected chi connectivity index (χ3v) is 4.44. The number of halogens is 1. The number of carboxylic acid groups (broad SMARTS) is 1. The largest absolute Gasteiger partial charge is 0.478 e. The van der Waals surface area contributed by atoms with Crippen molar-refractivity contribution in [2.45, 2.75) is 39.7 Å². The number of aliphatic hydroxyl groups is 1. The third kappa shape index (κ3) is 4.64. The first-order valence-corrected chi connectivity index (χ1v) is 8.80. The number of carbonyl (C=O) groups excluding carboxylic acids is 1. The smallest absolute Gasteiger partial charge is 0.341 e. The summed E-state index contributed by atoms with van der Waals surface area (Å²) in [4.78, 5) is 29.1. The Bertz CT molecular complexity index is 875. The molecular formula is C20H22ClNO5. The zero-order chi connectivity index (χ0) is 20.4. The summed E-state index contributed by atoms with van der Waals surface area (Å²) in [7, 11) is 0. The van der Waals surface area contributed by atoms with Gasteiger partial charge < -0.3 is 14.9 Å². The van der Waals surface area contributed by atoms with E-state index in [9.17, 15) is 14.7 Å². The molecule has 0 aliphatic rings. The maximum absolute atomic E-state index is 12.9. The fraction of sp³-hybridized carbons (Fsp3) is 0.350. The van der Waals surface area contributed by atoms with Gasteiger partial charge in [0.25, 0.3) is 0 Å². The molecule has 1 aromatic carbocycles. The van der Waals surface area contributed by atoms with Crippen molar-refractivity contribution in [3.05, 3.63) is 51.8 Å². The number of carbonyl (C=O) groups is 2. The molecule has 7 heteroatoms. The second-order valence-electron chi connectivity index (χ2n) is 6.84. The van der Waals surface area contributed by atoms with E-state index in [1.807, 2.05) is 0 Å². The summed E-state index contributed by atoms with van der Waals surface area (Å²) in [5.74, 6) is -1.88. The molecule has 2 N–H and O–H groups in total. The number of pyridine rings is 1. The van der Waals surface area contributed by atoms with Gasteiger partial charge in [-0.2, -0.15) is 0 Å². The Kier molecular flexibility index (Phi) is 6.23. The van der Waals surface area contributed by atoms with E-state index in [1.165, 1.54) is 0 Å². The van der Waals surface area contributed by atoms with Gasteiger partial charge >= 0.3 is 11.9 Å². The summed E-state index contributed by atoms with van der Waals surface area (Å²) < 4.78 is 5.55. The van der Waals surface area contributed by atoms with Crippen LogP contribution in [0.2, 0.25) is 5.02 Å². The Balaban J connectivity index is 2.73. The number of aromatic carboxylic acids is 1. The Morgan fingerprint density at radius 1 is 1.11 bits per heavy atom. The Morgan fingerprint density at radius 3 is 2.19 bits per heavy atom. The van der Waals surface area contributed by atoms with Crippen LogP contribution in [0.5, 0.6) is 0 Å². The highest BCUT2D eigenvalue weighted by molar-refractivity contribution is 6.30. The van der Waals surface area contributed by atoms with Crippen LogP contribution >= 0.6 is 11.6 Å². The van der Waals surface area contributed by atoms with E-state index >= 15 is 0 Å². The number of benzene rings is 1. The van der Waals surface area contributed by atoms with Gasteiger partial charge in [0.2, 0.25) is 0 Å². The summed E-state index contributed by atoms with van der Waals surface area (Å²) in [6.45, 7) is 6.43. The Labute approximate surface area is 162 Å². The van der Waals surface area contributed by atoms with Gasteiger partial charge in [0.05, 0.1) is 22.5 Å². The highest BCUT2D eigenvalue weighted by atomic mass is 35.5. The van der Waals surface area contributed by atoms with Crippen molar-refractivity contribution in [3.8, 4) is 11.1 Å². The van der Waals surface area contributed by atoms with Crippen LogP contribution in [0.4, 0.5) is 0 Å². The molecule has 1 heterocycles. The molecule has 27 heavy (non-hydrogen) atoms. The number of nitrogens with zero attached hydrogens (tertiary/aromatic N) is 1. The topological polar surface area (TPSA) is 96.7 Å². The van der Waals surface area contributed by atoms with Crippen molar-refractivity contribution in [1.82, 2.24) is 4.98 Å². The van der Waals surface area contributed by atoms with Gasteiger partial charge in [-0.3, -0.25) is 4.98 Å². The fourth-order valence-electron chi connectivity index (χ4n) is 2.89. The molecule has 0 unspecified atom stereocenters. The molecule has 6 nitrogen and oxygen atoms in total. The van der Waals surface area contributed by atoms with Crippen LogP contribution in [0.25, 0.3) is 11.1 Å². The number of hydrogen-bond donors (Lipinski definition) is 2. The first-order chi connectivity index (χ1) is 12.6. The first kappa shape index (κ1) is 20.9. The minimum atomic E-state index is -1.19. The highest BCUT2D eigenvalue weighted by Crippen LogP contribution is 2.33. The average Bonchev–Trinajstić information content (AvgIpc) is 2.53. The SMILES string of the molecule is Cc1nc(C)c(C(=O)OC(C)(C)CCO)c(-c2ccc(Cl)cc2)c1C(=O)O. The van der Waals surface area contributed by atoms with Gasteiger partial charge in [-0.25, -0.2) is 9.59 Å². The van der Waals surface area contributed by atoms with Crippen molar-refractivity contribution in [1.29, 1.82) is 0 Å². The van der Waals surface area contributed by atoms with Crippen molar-refractivity contribution < 1.29 is 24.5 Å². The minimum absolute atomic E-state index is 0.0603. The molecule has 2 aromatic rings. The Hall–Kier alpha value is -2.44. The normalized spacial score (nSPS) is 11.3. The van der Waals surface area contributed by atoms with Crippen molar-refractivity contribution >= 4 is 23.5 Å². The number of aromatic nitrogens is 1. The predicted molar refractivity (Wildman–Crippen MR) is 102 cm³/mol. The molecule has 1 aromatic heterocycles. The van der Waals surface area contributed by atoms with Gasteiger partial charge in [-0.15, -0.1) is 0 Å². The van der Waals surface area contributed by atoms with Gasteiger partial charge in [0, 0.05) is 23.6 Å². The van der Waals surface area contributed by atoms with Crippen molar-refractivity contribution in [2.24, 2.45) is 0 Å². The molecular weight excluding hydrogens is 370 g/mol. The number of carboxylic acids is 1. The molecule has 0 radical (unpaired) electrons. The standard InChI is InChI=1S/C20H22ClNO5/c1-11-15(18(24)25)17(13-5-7-14(21)8-6-13)16(12(2)22-11)19(26)27-20(3,4)9-10-23/h5-8,23H,9-10H2,1-4H3,(H,24,25). The fourth-order valence-corrected chi connectivity index (χ4v) is 3.02. The molecule has 0 atom stereocenters. The first-order valence-electron chi connectivity index (χ1n) is 8.42. The lowest BCUT2D eigenvalue weighted by Crippen LogP contribution is -2.30. The number of ether oxygens (including phenoxy) is 1.